The Morgan fingerprint density at radius 1 is 1.15 bits per heavy atom. The molecule has 13 heavy (non-hydrogen) atoms. The number of unbranched alkanes of at least 4 members (excludes halogenated alkanes) is 2. The van der Waals surface area contributed by atoms with Crippen LogP contribution in [0.5, 0.6) is 0 Å². The lowest BCUT2D eigenvalue weighted by atomic mass is 10.1. The number of carbonyl (C=O) groups is 2. The van der Waals surface area contributed by atoms with Crippen LogP contribution in [0.1, 0.15) is 38.5 Å². The fourth-order valence-corrected chi connectivity index (χ4v) is 0.982. The Labute approximate surface area is 78.5 Å². The zero-order valence-corrected chi connectivity index (χ0v) is 7.79. The molecule has 0 heterocycles. The van der Waals surface area contributed by atoms with Gasteiger partial charge in [0.1, 0.15) is 5.78 Å². The number of aliphatic carboxylic acids is 1. The Morgan fingerprint density at radius 2 is 1.85 bits per heavy atom. The molecule has 0 aromatic carbocycles. The van der Waals surface area contributed by atoms with E-state index in [0.717, 1.165) is 19.3 Å². The zero-order chi connectivity index (χ0) is 10.1. The fraction of sp³-hybridized carbons (Fsp3) is 0.600. The van der Waals surface area contributed by atoms with E-state index in [1.54, 1.807) is 0 Å². The van der Waals surface area contributed by atoms with Gasteiger partial charge in [0.15, 0.2) is 0 Å². The lowest BCUT2D eigenvalue weighted by Crippen LogP contribution is -2.02. The molecule has 0 aliphatic carbocycles. The smallest absolute Gasteiger partial charge is 0.303 e. The van der Waals surface area contributed by atoms with Gasteiger partial charge in [-0.25, -0.2) is 0 Å². The van der Waals surface area contributed by atoms with E-state index in [1.807, 2.05) is 6.08 Å². The second kappa shape index (κ2) is 7.53. The molecule has 0 bridgehead atoms. The first-order valence-electron chi connectivity index (χ1n) is 4.51. The summed E-state index contributed by atoms with van der Waals surface area (Å²) >= 11 is 0. The molecule has 0 rings (SSSR count). The van der Waals surface area contributed by atoms with Gasteiger partial charge in [0.2, 0.25) is 0 Å². The highest BCUT2D eigenvalue weighted by atomic mass is 16.4. The molecular weight excluding hydrogens is 168 g/mol. The lowest BCUT2D eigenvalue weighted by Gasteiger charge is -1.97. The van der Waals surface area contributed by atoms with Gasteiger partial charge in [-0.15, -0.1) is 6.58 Å². The van der Waals surface area contributed by atoms with Crippen molar-refractivity contribution in [3.05, 3.63) is 12.7 Å². The first-order chi connectivity index (χ1) is 6.16. The van der Waals surface area contributed by atoms with Crippen molar-refractivity contribution in [2.75, 3.05) is 0 Å². The maximum Gasteiger partial charge on any atom is 0.303 e. The largest absolute Gasteiger partial charge is 0.481 e. The molecule has 3 nitrogen and oxygen atoms in total. The second-order valence-electron chi connectivity index (χ2n) is 2.97. The van der Waals surface area contributed by atoms with Crippen molar-refractivity contribution >= 4 is 11.8 Å². The molecule has 0 spiro atoms. The molecule has 3 heteroatoms. The minimum Gasteiger partial charge on any atom is -0.481 e. The molecule has 0 aromatic heterocycles. The monoisotopic (exact) mass is 184 g/mol. The molecule has 0 saturated carbocycles. The molecule has 0 aliphatic heterocycles. The SMILES string of the molecule is C=CCCCCC(=O)CCC(=O)O. The normalized spacial score (nSPS) is 9.54. The second-order valence-corrected chi connectivity index (χ2v) is 2.97. The number of carbonyl (C=O) groups excluding carboxylic acids is 1. The van der Waals surface area contributed by atoms with E-state index < -0.39 is 5.97 Å². The molecule has 0 amide bonds. The minimum absolute atomic E-state index is 0.0414. The number of rotatable bonds is 8. The lowest BCUT2D eigenvalue weighted by molar-refractivity contribution is -0.138. The Kier molecular flexibility index (Phi) is 6.88. The first-order valence-corrected chi connectivity index (χ1v) is 4.51. The van der Waals surface area contributed by atoms with Gasteiger partial charge in [-0.3, -0.25) is 9.59 Å². The van der Waals surface area contributed by atoms with Crippen LogP contribution >= 0.6 is 0 Å². The number of Topliss-reactive ketones (excluding diaryl/α,β-unsaturated/α-hetero) is 1. The number of allylic oxidation sites excluding steroid dienone is 1. The van der Waals surface area contributed by atoms with Gasteiger partial charge in [0, 0.05) is 12.8 Å². The molecule has 0 radical (unpaired) electrons. The quantitative estimate of drug-likeness (QED) is 0.464. The van der Waals surface area contributed by atoms with E-state index in [2.05, 4.69) is 6.58 Å². The van der Waals surface area contributed by atoms with Gasteiger partial charge in [-0.1, -0.05) is 6.08 Å². The Hall–Kier alpha value is -1.12. The summed E-state index contributed by atoms with van der Waals surface area (Å²) in [7, 11) is 0. The molecule has 1 N–H and O–H groups in total. The van der Waals surface area contributed by atoms with Gasteiger partial charge in [-0.05, 0) is 19.3 Å². The molecule has 0 atom stereocenters. The summed E-state index contributed by atoms with van der Waals surface area (Å²) in [5.41, 5.74) is 0. The minimum atomic E-state index is -0.903. The topological polar surface area (TPSA) is 54.4 Å². The maximum absolute atomic E-state index is 11.0. The van der Waals surface area contributed by atoms with Gasteiger partial charge in [-0.2, -0.15) is 0 Å². The van der Waals surface area contributed by atoms with Crippen molar-refractivity contribution in [2.45, 2.75) is 38.5 Å². The van der Waals surface area contributed by atoms with Crippen LogP contribution in [-0.2, 0) is 9.59 Å². The van der Waals surface area contributed by atoms with Crippen LogP contribution in [0.4, 0.5) is 0 Å². The number of ketones is 1. The van der Waals surface area contributed by atoms with Crippen molar-refractivity contribution in [2.24, 2.45) is 0 Å². The van der Waals surface area contributed by atoms with Crippen molar-refractivity contribution in [3.8, 4) is 0 Å². The number of hydrogen-bond donors (Lipinski definition) is 1. The zero-order valence-electron chi connectivity index (χ0n) is 7.79. The summed E-state index contributed by atoms with van der Waals surface area (Å²) < 4.78 is 0. The van der Waals surface area contributed by atoms with E-state index in [0.29, 0.717) is 6.42 Å². The van der Waals surface area contributed by atoms with Crippen LogP contribution in [0.25, 0.3) is 0 Å². The van der Waals surface area contributed by atoms with E-state index in [4.69, 9.17) is 5.11 Å². The van der Waals surface area contributed by atoms with Crippen molar-refractivity contribution < 1.29 is 14.7 Å². The molecule has 0 unspecified atom stereocenters. The fourth-order valence-electron chi connectivity index (χ4n) is 0.982. The third-order valence-corrected chi connectivity index (χ3v) is 1.73. The van der Waals surface area contributed by atoms with Crippen LogP contribution in [0.3, 0.4) is 0 Å². The van der Waals surface area contributed by atoms with E-state index >= 15 is 0 Å². The summed E-state index contributed by atoms with van der Waals surface area (Å²) in [6.07, 6.45) is 5.17. The molecule has 74 valence electrons. The summed E-state index contributed by atoms with van der Waals surface area (Å²) in [5.74, 6) is -0.856. The van der Waals surface area contributed by atoms with E-state index in [9.17, 15) is 9.59 Å². The van der Waals surface area contributed by atoms with Gasteiger partial charge in [0.25, 0.3) is 0 Å². The standard InChI is InChI=1S/C10H16O3/c1-2-3-4-5-6-9(11)7-8-10(12)13/h2H,1,3-8H2,(H,12,13). The van der Waals surface area contributed by atoms with Gasteiger partial charge < -0.3 is 5.11 Å². The van der Waals surface area contributed by atoms with Crippen LogP contribution < -0.4 is 0 Å². The molecule has 0 aliphatic rings. The van der Waals surface area contributed by atoms with Crippen molar-refractivity contribution in [1.29, 1.82) is 0 Å². The molecular formula is C10H16O3. The summed E-state index contributed by atoms with van der Waals surface area (Å²) in [6, 6.07) is 0. The highest BCUT2D eigenvalue weighted by Crippen LogP contribution is 2.04. The third kappa shape index (κ3) is 8.79. The summed E-state index contributed by atoms with van der Waals surface area (Å²) in [4.78, 5) is 21.1. The number of carboxylic acid groups (broad SMARTS) is 1. The maximum atomic E-state index is 11.0. The van der Waals surface area contributed by atoms with Crippen LogP contribution in [0, 0.1) is 0 Å². The van der Waals surface area contributed by atoms with E-state index in [1.165, 1.54) is 0 Å². The number of hydrogen-bond acceptors (Lipinski definition) is 2. The van der Waals surface area contributed by atoms with Gasteiger partial charge in [0.05, 0.1) is 6.42 Å². The predicted molar refractivity (Wildman–Crippen MR) is 50.5 cm³/mol. The highest BCUT2D eigenvalue weighted by molar-refractivity contribution is 5.82. The van der Waals surface area contributed by atoms with Gasteiger partial charge >= 0.3 is 5.97 Å². The average Bonchev–Trinajstić information content (AvgIpc) is 2.09. The third-order valence-electron chi connectivity index (χ3n) is 1.73. The molecule has 0 fully saturated rings. The Morgan fingerprint density at radius 3 is 2.38 bits per heavy atom. The first kappa shape index (κ1) is 11.9. The number of carboxylic acids is 1. The molecule has 0 aromatic rings. The van der Waals surface area contributed by atoms with Crippen LogP contribution in [0.2, 0.25) is 0 Å². The van der Waals surface area contributed by atoms with Crippen molar-refractivity contribution in [1.82, 2.24) is 0 Å². The summed E-state index contributed by atoms with van der Waals surface area (Å²) in [5, 5.41) is 8.31. The Bertz CT molecular complexity index is 185. The Balaban J connectivity index is 3.30. The van der Waals surface area contributed by atoms with Crippen LogP contribution in [-0.4, -0.2) is 16.9 Å². The summed E-state index contributed by atoms with van der Waals surface area (Å²) in [6.45, 7) is 3.57. The predicted octanol–water partition coefficient (Wildman–Crippen LogP) is 2.17. The van der Waals surface area contributed by atoms with Crippen LogP contribution in [0.15, 0.2) is 12.7 Å². The van der Waals surface area contributed by atoms with E-state index in [-0.39, 0.29) is 18.6 Å². The molecule has 0 saturated heterocycles. The highest BCUT2D eigenvalue weighted by Gasteiger charge is 2.04. The van der Waals surface area contributed by atoms with Crippen molar-refractivity contribution in [3.63, 3.8) is 0 Å². The average molecular weight is 184 g/mol.